The van der Waals surface area contributed by atoms with Gasteiger partial charge in [-0.2, -0.15) is 5.10 Å². The number of halogens is 1. The number of rotatable bonds is 5. The second kappa shape index (κ2) is 6.71. The van der Waals surface area contributed by atoms with Gasteiger partial charge in [-0.3, -0.25) is 9.48 Å². The highest BCUT2D eigenvalue weighted by atomic mass is 35.5. The summed E-state index contributed by atoms with van der Waals surface area (Å²) in [7, 11) is 0. The molecule has 5 nitrogen and oxygen atoms in total. The SMILES string of the molecule is Cc1ccn(CCNC(=O)c2ccc(-c3ccccc3Cl)o2)n1. The molecule has 2 aromatic heterocycles. The average molecular weight is 330 g/mol. The first-order valence-corrected chi connectivity index (χ1v) is 7.64. The van der Waals surface area contributed by atoms with E-state index in [-0.39, 0.29) is 11.7 Å². The molecule has 0 unspecified atom stereocenters. The van der Waals surface area contributed by atoms with Crippen LogP contribution in [-0.2, 0) is 6.54 Å². The predicted molar refractivity (Wildman–Crippen MR) is 88.5 cm³/mol. The molecule has 0 aliphatic carbocycles. The minimum atomic E-state index is -0.257. The van der Waals surface area contributed by atoms with Gasteiger partial charge >= 0.3 is 0 Å². The fourth-order valence-corrected chi connectivity index (χ4v) is 2.45. The van der Waals surface area contributed by atoms with Gasteiger partial charge in [-0.15, -0.1) is 0 Å². The molecule has 1 N–H and O–H groups in total. The molecular weight excluding hydrogens is 314 g/mol. The first-order chi connectivity index (χ1) is 11.1. The molecule has 2 heterocycles. The van der Waals surface area contributed by atoms with Crippen molar-refractivity contribution in [2.75, 3.05) is 6.54 Å². The van der Waals surface area contributed by atoms with Crippen molar-refractivity contribution in [2.45, 2.75) is 13.5 Å². The normalized spacial score (nSPS) is 10.7. The number of amides is 1. The van der Waals surface area contributed by atoms with E-state index in [1.165, 1.54) is 0 Å². The van der Waals surface area contributed by atoms with Gasteiger partial charge in [0.15, 0.2) is 5.76 Å². The number of nitrogens with one attached hydrogen (secondary N) is 1. The van der Waals surface area contributed by atoms with Crippen molar-refractivity contribution in [1.29, 1.82) is 0 Å². The number of nitrogens with zero attached hydrogens (tertiary/aromatic N) is 2. The van der Waals surface area contributed by atoms with Crippen LogP contribution in [0.25, 0.3) is 11.3 Å². The number of carbonyl (C=O) groups is 1. The van der Waals surface area contributed by atoms with Crippen LogP contribution in [0.4, 0.5) is 0 Å². The quantitative estimate of drug-likeness (QED) is 0.779. The lowest BCUT2D eigenvalue weighted by Crippen LogP contribution is -2.27. The summed E-state index contributed by atoms with van der Waals surface area (Å²) < 4.78 is 7.38. The molecule has 0 aliphatic heterocycles. The molecular formula is C17H16ClN3O2. The van der Waals surface area contributed by atoms with Gasteiger partial charge in [-0.05, 0) is 37.3 Å². The van der Waals surface area contributed by atoms with Crippen LogP contribution in [-0.4, -0.2) is 22.2 Å². The van der Waals surface area contributed by atoms with Gasteiger partial charge in [0.05, 0.1) is 17.3 Å². The number of benzene rings is 1. The zero-order valence-electron chi connectivity index (χ0n) is 12.6. The smallest absolute Gasteiger partial charge is 0.287 e. The van der Waals surface area contributed by atoms with Crippen molar-refractivity contribution >= 4 is 17.5 Å². The molecule has 0 radical (unpaired) electrons. The Morgan fingerprint density at radius 3 is 2.83 bits per heavy atom. The number of furan rings is 1. The highest BCUT2D eigenvalue weighted by Gasteiger charge is 2.13. The predicted octanol–water partition coefficient (Wildman–Crippen LogP) is 3.53. The van der Waals surface area contributed by atoms with E-state index in [2.05, 4.69) is 10.4 Å². The first kappa shape index (κ1) is 15.4. The molecule has 6 heteroatoms. The Morgan fingerprint density at radius 1 is 1.26 bits per heavy atom. The van der Waals surface area contributed by atoms with E-state index in [0.29, 0.717) is 23.9 Å². The van der Waals surface area contributed by atoms with E-state index in [1.54, 1.807) is 22.9 Å². The van der Waals surface area contributed by atoms with Crippen LogP contribution in [0.15, 0.2) is 53.1 Å². The second-order valence-electron chi connectivity index (χ2n) is 5.12. The third-order valence-corrected chi connectivity index (χ3v) is 3.70. The van der Waals surface area contributed by atoms with Gasteiger partial charge in [0.2, 0.25) is 0 Å². The van der Waals surface area contributed by atoms with Gasteiger partial charge in [0, 0.05) is 18.3 Å². The molecule has 0 saturated heterocycles. The van der Waals surface area contributed by atoms with Gasteiger partial charge in [0.1, 0.15) is 5.76 Å². The zero-order chi connectivity index (χ0) is 16.2. The number of carbonyl (C=O) groups excluding carboxylic acids is 1. The number of hydrogen-bond donors (Lipinski definition) is 1. The van der Waals surface area contributed by atoms with Crippen molar-refractivity contribution in [3.8, 4) is 11.3 Å². The third kappa shape index (κ3) is 3.63. The minimum Gasteiger partial charge on any atom is -0.451 e. The largest absolute Gasteiger partial charge is 0.451 e. The van der Waals surface area contributed by atoms with Crippen molar-refractivity contribution in [3.05, 3.63) is 65.1 Å². The second-order valence-corrected chi connectivity index (χ2v) is 5.53. The molecule has 0 bridgehead atoms. The molecule has 0 atom stereocenters. The topological polar surface area (TPSA) is 60.1 Å². The molecule has 23 heavy (non-hydrogen) atoms. The lowest BCUT2D eigenvalue weighted by Gasteiger charge is -2.04. The molecule has 0 spiro atoms. The number of aryl methyl sites for hydroxylation is 1. The van der Waals surface area contributed by atoms with Crippen LogP contribution < -0.4 is 5.32 Å². The molecule has 118 valence electrons. The van der Waals surface area contributed by atoms with Crippen molar-refractivity contribution in [3.63, 3.8) is 0 Å². The Morgan fingerprint density at radius 2 is 2.09 bits per heavy atom. The molecule has 3 rings (SSSR count). The number of aromatic nitrogens is 2. The fraction of sp³-hybridized carbons (Fsp3) is 0.176. The highest BCUT2D eigenvalue weighted by molar-refractivity contribution is 6.33. The van der Waals surface area contributed by atoms with Crippen molar-refractivity contribution in [1.82, 2.24) is 15.1 Å². The molecule has 0 aliphatic rings. The maximum Gasteiger partial charge on any atom is 0.287 e. The van der Waals surface area contributed by atoms with E-state index in [9.17, 15) is 4.79 Å². The van der Waals surface area contributed by atoms with Gasteiger partial charge in [0.25, 0.3) is 5.91 Å². The standard InChI is InChI=1S/C17H16ClN3O2/c1-12-8-10-21(20-12)11-9-19-17(22)16-7-6-15(23-16)13-4-2-3-5-14(13)18/h2-8,10H,9,11H2,1H3,(H,19,22). The molecule has 0 saturated carbocycles. The van der Waals surface area contributed by atoms with Crippen LogP contribution in [0.3, 0.4) is 0 Å². The summed E-state index contributed by atoms with van der Waals surface area (Å²) in [5.74, 6) is 0.576. The Labute approximate surface area is 138 Å². The van der Waals surface area contributed by atoms with Gasteiger partial charge < -0.3 is 9.73 Å². The number of hydrogen-bond acceptors (Lipinski definition) is 3. The Bertz CT molecular complexity index is 823. The highest BCUT2D eigenvalue weighted by Crippen LogP contribution is 2.28. The Kier molecular flexibility index (Phi) is 4.48. The summed E-state index contributed by atoms with van der Waals surface area (Å²) in [6, 6.07) is 12.7. The van der Waals surface area contributed by atoms with Crippen LogP contribution >= 0.6 is 11.6 Å². The summed E-state index contributed by atoms with van der Waals surface area (Å²) in [4.78, 5) is 12.1. The molecule has 1 amide bonds. The molecule has 0 fully saturated rings. The average Bonchev–Trinajstić information content (AvgIpc) is 3.17. The monoisotopic (exact) mass is 329 g/mol. The van der Waals surface area contributed by atoms with Crippen LogP contribution in [0.2, 0.25) is 5.02 Å². The fourth-order valence-electron chi connectivity index (χ4n) is 2.22. The summed E-state index contributed by atoms with van der Waals surface area (Å²) in [5.41, 5.74) is 1.71. The van der Waals surface area contributed by atoms with E-state index in [4.69, 9.17) is 16.0 Å². The summed E-state index contributed by atoms with van der Waals surface area (Å²) >= 11 is 6.13. The summed E-state index contributed by atoms with van der Waals surface area (Å²) in [5, 5.41) is 7.66. The third-order valence-electron chi connectivity index (χ3n) is 3.37. The van der Waals surface area contributed by atoms with E-state index in [1.807, 2.05) is 37.4 Å². The summed E-state index contributed by atoms with van der Waals surface area (Å²) in [6.07, 6.45) is 1.88. The van der Waals surface area contributed by atoms with E-state index < -0.39 is 0 Å². The van der Waals surface area contributed by atoms with Gasteiger partial charge in [-0.25, -0.2) is 0 Å². The van der Waals surface area contributed by atoms with Crippen LogP contribution in [0, 0.1) is 6.92 Å². The maximum absolute atomic E-state index is 12.1. The maximum atomic E-state index is 12.1. The van der Waals surface area contributed by atoms with E-state index >= 15 is 0 Å². The molecule has 1 aromatic carbocycles. The lowest BCUT2D eigenvalue weighted by atomic mass is 10.2. The first-order valence-electron chi connectivity index (χ1n) is 7.26. The summed E-state index contributed by atoms with van der Waals surface area (Å²) in [6.45, 7) is 3.01. The van der Waals surface area contributed by atoms with Gasteiger partial charge in [-0.1, -0.05) is 23.7 Å². The lowest BCUT2D eigenvalue weighted by molar-refractivity contribution is 0.0925. The van der Waals surface area contributed by atoms with Crippen molar-refractivity contribution in [2.24, 2.45) is 0 Å². The molecule has 3 aromatic rings. The Hall–Kier alpha value is -2.53. The van der Waals surface area contributed by atoms with E-state index in [0.717, 1.165) is 11.3 Å². The Balaban J connectivity index is 1.61. The minimum absolute atomic E-state index is 0.257. The van der Waals surface area contributed by atoms with Crippen LogP contribution in [0.5, 0.6) is 0 Å². The van der Waals surface area contributed by atoms with Crippen LogP contribution in [0.1, 0.15) is 16.2 Å². The van der Waals surface area contributed by atoms with Crippen molar-refractivity contribution < 1.29 is 9.21 Å². The zero-order valence-corrected chi connectivity index (χ0v) is 13.4.